The molecule has 1 aliphatic heterocycles. The molecule has 2 rings (SSSR count). The third kappa shape index (κ3) is 4.85. The van der Waals surface area contributed by atoms with Crippen molar-refractivity contribution in [1.82, 2.24) is 5.32 Å². The van der Waals surface area contributed by atoms with Crippen LogP contribution in [0.3, 0.4) is 0 Å². The van der Waals surface area contributed by atoms with Gasteiger partial charge in [0.1, 0.15) is 5.75 Å². The molecule has 1 aliphatic rings. The van der Waals surface area contributed by atoms with Crippen LogP contribution in [0.25, 0.3) is 0 Å². The zero-order valence-corrected chi connectivity index (χ0v) is 14.8. The second-order valence-electron chi connectivity index (χ2n) is 6.34. The second kappa shape index (κ2) is 6.96. The third-order valence-corrected chi connectivity index (χ3v) is 4.13. The lowest BCUT2D eigenvalue weighted by Crippen LogP contribution is -2.38. The molecular weight excluding hydrogens is 381 g/mol. The molecule has 0 radical (unpaired) electrons. The lowest BCUT2D eigenvalue weighted by atomic mass is 9.97. The van der Waals surface area contributed by atoms with Gasteiger partial charge in [-0.2, -0.15) is 0 Å². The van der Waals surface area contributed by atoms with Gasteiger partial charge in [0.25, 0.3) is 0 Å². The fourth-order valence-corrected chi connectivity index (χ4v) is 2.42. The van der Waals surface area contributed by atoms with Gasteiger partial charge in [-0.1, -0.05) is 0 Å². The minimum absolute atomic E-state index is 0.179. The fraction of sp³-hybridized carbons (Fsp3) is 0.562. The largest absolute Gasteiger partial charge is 0.493 e. The predicted octanol–water partition coefficient (Wildman–Crippen LogP) is 3.19. The van der Waals surface area contributed by atoms with Crippen LogP contribution in [0.1, 0.15) is 27.2 Å². The van der Waals surface area contributed by atoms with Crippen molar-refractivity contribution >= 4 is 28.6 Å². The van der Waals surface area contributed by atoms with Gasteiger partial charge >= 0.3 is 5.97 Å². The van der Waals surface area contributed by atoms with E-state index in [1.807, 2.05) is 45.0 Å². The SMILES string of the molecule is CC(C)(C)C(=O)OC1NCC[C@H]1COc1ccc(I)cc1. The quantitative estimate of drug-likeness (QED) is 0.620. The number of hydrogen-bond donors (Lipinski definition) is 1. The molecule has 0 bridgehead atoms. The van der Waals surface area contributed by atoms with E-state index in [0.717, 1.165) is 18.7 Å². The first kappa shape index (κ1) is 16.5. The van der Waals surface area contributed by atoms with Crippen LogP contribution in [0.5, 0.6) is 5.75 Å². The summed E-state index contributed by atoms with van der Waals surface area (Å²) >= 11 is 2.26. The first-order valence-electron chi connectivity index (χ1n) is 7.19. The van der Waals surface area contributed by atoms with Crippen molar-refractivity contribution in [3.8, 4) is 5.75 Å². The number of rotatable bonds is 4. The highest BCUT2D eigenvalue weighted by molar-refractivity contribution is 14.1. The van der Waals surface area contributed by atoms with E-state index in [0.29, 0.717) is 6.61 Å². The summed E-state index contributed by atoms with van der Waals surface area (Å²) in [5, 5.41) is 3.23. The van der Waals surface area contributed by atoms with Crippen molar-refractivity contribution in [3.63, 3.8) is 0 Å². The number of benzene rings is 1. The van der Waals surface area contributed by atoms with Gasteiger partial charge in [0.2, 0.25) is 0 Å². The summed E-state index contributed by atoms with van der Waals surface area (Å²) in [6.45, 7) is 6.99. The van der Waals surface area contributed by atoms with Crippen LogP contribution < -0.4 is 10.1 Å². The highest BCUT2D eigenvalue weighted by Gasteiger charge is 2.34. The Labute approximate surface area is 139 Å². The average molecular weight is 403 g/mol. The molecule has 0 aliphatic carbocycles. The molecular formula is C16H22INO3. The van der Waals surface area contributed by atoms with Gasteiger partial charge in [0.05, 0.1) is 12.0 Å². The van der Waals surface area contributed by atoms with Crippen LogP contribution in [0, 0.1) is 14.9 Å². The molecule has 0 aromatic heterocycles. The van der Waals surface area contributed by atoms with Crippen LogP contribution in [0.2, 0.25) is 0 Å². The predicted molar refractivity (Wildman–Crippen MR) is 90.1 cm³/mol. The molecule has 5 heteroatoms. The molecule has 0 amide bonds. The van der Waals surface area contributed by atoms with Crippen molar-refractivity contribution < 1.29 is 14.3 Å². The normalized spacial score (nSPS) is 22.1. The maximum Gasteiger partial charge on any atom is 0.312 e. The summed E-state index contributed by atoms with van der Waals surface area (Å²) in [6, 6.07) is 7.94. The van der Waals surface area contributed by atoms with Crippen molar-refractivity contribution in [2.45, 2.75) is 33.4 Å². The number of ether oxygens (including phenoxy) is 2. The summed E-state index contributed by atoms with van der Waals surface area (Å²) in [7, 11) is 0. The van der Waals surface area contributed by atoms with Crippen molar-refractivity contribution in [2.24, 2.45) is 11.3 Å². The number of carbonyl (C=O) groups excluding carboxylic acids is 1. The topological polar surface area (TPSA) is 47.6 Å². The van der Waals surface area contributed by atoms with Crippen LogP contribution in [0.4, 0.5) is 0 Å². The van der Waals surface area contributed by atoms with E-state index in [9.17, 15) is 4.79 Å². The molecule has 21 heavy (non-hydrogen) atoms. The zero-order valence-electron chi connectivity index (χ0n) is 12.7. The highest BCUT2D eigenvalue weighted by Crippen LogP contribution is 2.23. The molecule has 1 aromatic carbocycles. The van der Waals surface area contributed by atoms with Gasteiger partial charge < -0.3 is 9.47 Å². The molecule has 2 atom stereocenters. The van der Waals surface area contributed by atoms with Gasteiger partial charge in [0.15, 0.2) is 6.23 Å². The van der Waals surface area contributed by atoms with Crippen LogP contribution >= 0.6 is 22.6 Å². The van der Waals surface area contributed by atoms with Gasteiger partial charge in [-0.05, 0) is 80.6 Å². The monoisotopic (exact) mass is 403 g/mol. The van der Waals surface area contributed by atoms with E-state index in [4.69, 9.17) is 9.47 Å². The Morgan fingerprint density at radius 1 is 1.33 bits per heavy atom. The Morgan fingerprint density at radius 3 is 2.62 bits per heavy atom. The molecule has 1 unspecified atom stereocenters. The van der Waals surface area contributed by atoms with Crippen molar-refractivity contribution in [3.05, 3.63) is 27.8 Å². The van der Waals surface area contributed by atoms with E-state index in [1.165, 1.54) is 3.57 Å². The Bertz CT molecular complexity index is 481. The standard InChI is InChI=1S/C16H22INO3/c1-16(2,3)15(19)21-14-11(8-9-18-14)10-20-13-6-4-12(17)5-7-13/h4-7,11,14,18H,8-10H2,1-3H3/t11-,14?/m0/s1. The molecule has 4 nitrogen and oxygen atoms in total. The first-order chi connectivity index (χ1) is 9.86. The Balaban J connectivity index is 1.87. The molecule has 0 saturated carbocycles. The van der Waals surface area contributed by atoms with Crippen molar-refractivity contribution in [1.29, 1.82) is 0 Å². The minimum atomic E-state index is -0.480. The molecule has 1 aromatic rings. The first-order valence-corrected chi connectivity index (χ1v) is 8.27. The maximum atomic E-state index is 12.0. The summed E-state index contributed by atoms with van der Waals surface area (Å²) in [6.07, 6.45) is 0.701. The van der Waals surface area contributed by atoms with Crippen LogP contribution in [-0.4, -0.2) is 25.3 Å². The maximum absolute atomic E-state index is 12.0. The van der Waals surface area contributed by atoms with Gasteiger partial charge in [-0.25, -0.2) is 0 Å². The summed E-state index contributed by atoms with van der Waals surface area (Å²) in [5.41, 5.74) is -0.480. The summed E-state index contributed by atoms with van der Waals surface area (Å²) in [5.74, 6) is 0.861. The Kier molecular flexibility index (Phi) is 5.48. The number of nitrogens with one attached hydrogen (secondary N) is 1. The van der Waals surface area contributed by atoms with E-state index >= 15 is 0 Å². The van der Waals surface area contributed by atoms with E-state index in [1.54, 1.807) is 0 Å². The number of esters is 1. The average Bonchev–Trinajstić information content (AvgIpc) is 2.84. The highest BCUT2D eigenvalue weighted by atomic mass is 127. The Hall–Kier alpha value is -0.820. The van der Waals surface area contributed by atoms with Crippen LogP contribution in [-0.2, 0) is 9.53 Å². The van der Waals surface area contributed by atoms with E-state index in [-0.39, 0.29) is 18.1 Å². The lowest BCUT2D eigenvalue weighted by Gasteiger charge is -2.24. The molecule has 1 N–H and O–H groups in total. The molecule has 116 valence electrons. The van der Waals surface area contributed by atoms with Gasteiger partial charge in [0, 0.05) is 9.49 Å². The number of hydrogen-bond acceptors (Lipinski definition) is 4. The zero-order chi connectivity index (χ0) is 15.5. The van der Waals surface area contributed by atoms with Crippen molar-refractivity contribution in [2.75, 3.05) is 13.2 Å². The van der Waals surface area contributed by atoms with E-state index < -0.39 is 5.41 Å². The minimum Gasteiger partial charge on any atom is -0.493 e. The molecule has 0 spiro atoms. The molecule has 1 heterocycles. The number of carbonyl (C=O) groups is 1. The lowest BCUT2D eigenvalue weighted by molar-refractivity contribution is -0.162. The van der Waals surface area contributed by atoms with Crippen LogP contribution in [0.15, 0.2) is 24.3 Å². The summed E-state index contributed by atoms with van der Waals surface area (Å²) in [4.78, 5) is 12.0. The second-order valence-corrected chi connectivity index (χ2v) is 7.59. The van der Waals surface area contributed by atoms with Gasteiger partial charge in [-0.15, -0.1) is 0 Å². The number of halogens is 1. The summed E-state index contributed by atoms with van der Waals surface area (Å²) < 4.78 is 12.6. The Morgan fingerprint density at radius 2 is 2.00 bits per heavy atom. The van der Waals surface area contributed by atoms with Gasteiger partial charge in [-0.3, -0.25) is 10.1 Å². The fourth-order valence-electron chi connectivity index (χ4n) is 2.06. The smallest absolute Gasteiger partial charge is 0.312 e. The molecule has 1 saturated heterocycles. The van der Waals surface area contributed by atoms with E-state index in [2.05, 4.69) is 27.9 Å². The molecule has 1 fully saturated rings. The third-order valence-electron chi connectivity index (χ3n) is 3.41.